The maximum absolute atomic E-state index is 11.9. The Morgan fingerprint density at radius 1 is 1.33 bits per heavy atom. The third-order valence-electron chi connectivity index (χ3n) is 2.98. The van der Waals surface area contributed by atoms with Crippen molar-refractivity contribution in [3.8, 4) is 0 Å². The average molecular weight is 257 g/mol. The fourth-order valence-corrected chi connectivity index (χ4v) is 1.81. The van der Waals surface area contributed by atoms with Gasteiger partial charge in [0.25, 0.3) is 0 Å². The topological polar surface area (TPSA) is 61.9 Å². The van der Waals surface area contributed by atoms with E-state index in [1.54, 1.807) is 11.9 Å². The lowest BCUT2D eigenvalue weighted by Crippen LogP contribution is -2.46. The molecule has 0 aromatic rings. The Morgan fingerprint density at radius 3 is 2.61 bits per heavy atom. The maximum Gasteiger partial charge on any atom is 0.242 e. The Morgan fingerprint density at radius 2 is 2.00 bits per heavy atom. The third-order valence-corrected chi connectivity index (χ3v) is 2.98. The third kappa shape index (κ3) is 5.01. The van der Waals surface area contributed by atoms with E-state index in [9.17, 15) is 9.59 Å². The van der Waals surface area contributed by atoms with Crippen LogP contribution in [0.5, 0.6) is 0 Å². The standard InChI is InChI=1S/C12H23N3O3/c1-13-5-3-4-11(16)14(2)10-12(17)15-6-8-18-9-7-15/h13H,3-10H2,1-2H3. The minimum atomic E-state index is 0.00256. The largest absolute Gasteiger partial charge is 0.378 e. The smallest absolute Gasteiger partial charge is 0.242 e. The first kappa shape index (κ1) is 14.9. The van der Waals surface area contributed by atoms with Crippen molar-refractivity contribution in [1.29, 1.82) is 0 Å². The van der Waals surface area contributed by atoms with Gasteiger partial charge in [0, 0.05) is 26.6 Å². The van der Waals surface area contributed by atoms with Crippen LogP contribution in [0, 0.1) is 0 Å². The molecular weight excluding hydrogens is 234 g/mol. The van der Waals surface area contributed by atoms with Gasteiger partial charge in [-0.15, -0.1) is 0 Å². The van der Waals surface area contributed by atoms with Crippen molar-refractivity contribution < 1.29 is 14.3 Å². The molecule has 1 saturated heterocycles. The summed E-state index contributed by atoms with van der Waals surface area (Å²) in [5.74, 6) is 0.0228. The van der Waals surface area contributed by atoms with Gasteiger partial charge in [-0.2, -0.15) is 0 Å². The lowest BCUT2D eigenvalue weighted by atomic mass is 10.2. The molecule has 104 valence electrons. The normalized spacial score (nSPS) is 15.6. The molecule has 0 aliphatic carbocycles. The number of nitrogens with zero attached hydrogens (tertiary/aromatic N) is 2. The van der Waals surface area contributed by atoms with Gasteiger partial charge in [0.2, 0.25) is 11.8 Å². The molecule has 2 amide bonds. The van der Waals surface area contributed by atoms with Gasteiger partial charge < -0.3 is 19.9 Å². The molecule has 1 heterocycles. The molecular formula is C12H23N3O3. The summed E-state index contributed by atoms with van der Waals surface area (Å²) in [6.07, 6.45) is 1.28. The number of carbonyl (C=O) groups excluding carboxylic acids is 2. The number of likely N-dealkylation sites (N-methyl/N-ethyl adjacent to an activating group) is 1. The van der Waals surface area contributed by atoms with Gasteiger partial charge in [-0.25, -0.2) is 0 Å². The SMILES string of the molecule is CNCCCC(=O)N(C)CC(=O)N1CCOCC1. The molecule has 1 N–H and O–H groups in total. The molecule has 0 unspecified atom stereocenters. The first-order chi connectivity index (χ1) is 8.65. The van der Waals surface area contributed by atoms with Crippen LogP contribution < -0.4 is 5.32 Å². The Kier molecular flexibility index (Phi) is 6.67. The van der Waals surface area contributed by atoms with Gasteiger partial charge in [0.15, 0.2) is 0 Å². The van der Waals surface area contributed by atoms with Crippen LogP contribution in [0.15, 0.2) is 0 Å². The monoisotopic (exact) mass is 257 g/mol. The molecule has 1 aliphatic heterocycles. The highest BCUT2D eigenvalue weighted by molar-refractivity contribution is 5.84. The number of hydrogen-bond donors (Lipinski definition) is 1. The van der Waals surface area contributed by atoms with Crippen molar-refractivity contribution in [3.05, 3.63) is 0 Å². The van der Waals surface area contributed by atoms with Gasteiger partial charge in [-0.05, 0) is 20.0 Å². The number of morpholine rings is 1. The van der Waals surface area contributed by atoms with Crippen molar-refractivity contribution in [3.63, 3.8) is 0 Å². The molecule has 0 aromatic carbocycles. The van der Waals surface area contributed by atoms with E-state index in [0.29, 0.717) is 32.7 Å². The Hall–Kier alpha value is -1.14. The van der Waals surface area contributed by atoms with Crippen LogP contribution in [0.2, 0.25) is 0 Å². The number of amides is 2. The zero-order valence-electron chi connectivity index (χ0n) is 11.3. The Balaban J connectivity index is 2.27. The number of nitrogens with one attached hydrogen (secondary N) is 1. The van der Waals surface area contributed by atoms with Crippen molar-refractivity contribution in [1.82, 2.24) is 15.1 Å². The second-order valence-corrected chi connectivity index (χ2v) is 4.45. The lowest BCUT2D eigenvalue weighted by Gasteiger charge is -2.28. The molecule has 0 atom stereocenters. The quantitative estimate of drug-likeness (QED) is 0.639. The Labute approximate surface area is 108 Å². The van der Waals surface area contributed by atoms with Crippen molar-refractivity contribution >= 4 is 11.8 Å². The molecule has 1 aliphatic rings. The summed E-state index contributed by atoms with van der Waals surface area (Å²) >= 11 is 0. The van der Waals surface area contributed by atoms with Gasteiger partial charge in [-0.1, -0.05) is 0 Å². The lowest BCUT2D eigenvalue weighted by molar-refractivity contribution is -0.141. The molecule has 6 heteroatoms. The number of ether oxygens (including phenoxy) is 1. The molecule has 6 nitrogen and oxygen atoms in total. The number of carbonyl (C=O) groups is 2. The summed E-state index contributed by atoms with van der Waals surface area (Å²) in [7, 11) is 3.54. The van der Waals surface area contributed by atoms with Gasteiger partial charge in [0.05, 0.1) is 19.8 Å². The summed E-state index contributed by atoms with van der Waals surface area (Å²) in [6.45, 7) is 3.41. The van der Waals surface area contributed by atoms with E-state index < -0.39 is 0 Å². The van der Waals surface area contributed by atoms with Crippen molar-refractivity contribution in [2.24, 2.45) is 0 Å². The minimum Gasteiger partial charge on any atom is -0.378 e. The maximum atomic E-state index is 11.9. The summed E-state index contributed by atoms with van der Waals surface area (Å²) in [5.41, 5.74) is 0. The molecule has 0 aromatic heterocycles. The molecule has 18 heavy (non-hydrogen) atoms. The van der Waals surface area contributed by atoms with E-state index in [1.165, 1.54) is 4.90 Å². The summed E-state index contributed by atoms with van der Waals surface area (Å²) in [6, 6.07) is 0. The molecule has 0 saturated carbocycles. The van der Waals surface area contributed by atoms with Crippen LogP contribution in [-0.2, 0) is 14.3 Å². The minimum absolute atomic E-state index is 0.00256. The second kappa shape index (κ2) is 8.05. The number of rotatable bonds is 6. The molecule has 1 rings (SSSR count). The first-order valence-corrected chi connectivity index (χ1v) is 6.39. The van der Waals surface area contributed by atoms with Crippen molar-refractivity contribution in [2.75, 3.05) is 53.5 Å². The van der Waals surface area contributed by atoms with Crippen LogP contribution in [-0.4, -0.2) is 75.1 Å². The molecule has 0 radical (unpaired) electrons. The van der Waals surface area contributed by atoms with E-state index in [2.05, 4.69) is 5.32 Å². The van der Waals surface area contributed by atoms with Crippen LogP contribution >= 0.6 is 0 Å². The predicted molar refractivity (Wildman–Crippen MR) is 68.2 cm³/mol. The molecule has 1 fully saturated rings. The summed E-state index contributed by atoms with van der Waals surface area (Å²) in [4.78, 5) is 26.9. The zero-order valence-corrected chi connectivity index (χ0v) is 11.3. The highest BCUT2D eigenvalue weighted by atomic mass is 16.5. The first-order valence-electron chi connectivity index (χ1n) is 6.39. The van der Waals surface area contributed by atoms with E-state index in [1.807, 2.05) is 7.05 Å². The van der Waals surface area contributed by atoms with Crippen LogP contribution in [0.1, 0.15) is 12.8 Å². The highest BCUT2D eigenvalue weighted by Gasteiger charge is 2.19. The fourth-order valence-electron chi connectivity index (χ4n) is 1.81. The molecule has 0 bridgehead atoms. The summed E-state index contributed by atoms with van der Waals surface area (Å²) in [5, 5.41) is 2.99. The average Bonchev–Trinajstić information content (AvgIpc) is 2.39. The van der Waals surface area contributed by atoms with Gasteiger partial charge >= 0.3 is 0 Å². The zero-order chi connectivity index (χ0) is 13.4. The van der Waals surface area contributed by atoms with E-state index in [4.69, 9.17) is 4.74 Å². The van der Waals surface area contributed by atoms with Crippen LogP contribution in [0.3, 0.4) is 0 Å². The van der Waals surface area contributed by atoms with Crippen LogP contribution in [0.25, 0.3) is 0 Å². The Bertz CT molecular complexity index is 278. The predicted octanol–water partition coefficient (Wildman–Crippen LogP) is -0.697. The van der Waals surface area contributed by atoms with Gasteiger partial charge in [-0.3, -0.25) is 9.59 Å². The van der Waals surface area contributed by atoms with E-state index in [0.717, 1.165) is 13.0 Å². The summed E-state index contributed by atoms with van der Waals surface area (Å²) < 4.78 is 5.19. The second-order valence-electron chi connectivity index (χ2n) is 4.45. The molecule has 0 spiro atoms. The number of hydrogen-bond acceptors (Lipinski definition) is 4. The van der Waals surface area contributed by atoms with Crippen LogP contribution in [0.4, 0.5) is 0 Å². The van der Waals surface area contributed by atoms with E-state index >= 15 is 0 Å². The fraction of sp³-hybridized carbons (Fsp3) is 0.833. The van der Waals surface area contributed by atoms with E-state index in [-0.39, 0.29) is 18.4 Å². The van der Waals surface area contributed by atoms with Gasteiger partial charge in [0.1, 0.15) is 0 Å². The van der Waals surface area contributed by atoms with Crippen molar-refractivity contribution in [2.45, 2.75) is 12.8 Å². The highest BCUT2D eigenvalue weighted by Crippen LogP contribution is 2.00.